The second-order valence-electron chi connectivity index (χ2n) is 4.21. The van der Waals surface area contributed by atoms with Crippen molar-refractivity contribution in [3.8, 4) is 10.6 Å². The first-order valence-electron chi connectivity index (χ1n) is 6.16. The predicted octanol–water partition coefficient (Wildman–Crippen LogP) is 4.11. The summed E-state index contributed by atoms with van der Waals surface area (Å²) in [4.78, 5) is 20.3. The number of rotatable bonds is 3. The summed E-state index contributed by atoms with van der Waals surface area (Å²) in [6, 6.07) is 12.4. The van der Waals surface area contributed by atoms with Crippen LogP contribution in [0.5, 0.6) is 0 Å². The number of amides is 1. The third-order valence-corrected chi connectivity index (χ3v) is 3.80. The molecule has 0 atom stereocenters. The van der Waals surface area contributed by atoms with Gasteiger partial charge in [0.25, 0.3) is 5.91 Å². The summed E-state index contributed by atoms with van der Waals surface area (Å²) < 4.78 is 0. The van der Waals surface area contributed by atoms with Gasteiger partial charge in [0.1, 0.15) is 15.9 Å². The minimum Gasteiger partial charge on any atom is -0.321 e. The number of hydrogen-bond acceptors (Lipinski definition) is 4. The van der Waals surface area contributed by atoms with Gasteiger partial charge in [-0.05, 0) is 36.4 Å². The highest BCUT2D eigenvalue weighted by molar-refractivity contribution is 7.13. The van der Waals surface area contributed by atoms with Crippen LogP contribution >= 0.6 is 22.9 Å². The number of thiazole rings is 1. The first-order chi connectivity index (χ1) is 10.2. The molecular weight excluding hydrogens is 306 g/mol. The Hall–Kier alpha value is -2.24. The topological polar surface area (TPSA) is 54.9 Å². The summed E-state index contributed by atoms with van der Waals surface area (Å²) in [5, 5.41) is 5.95. The van der Waals surface area contributed by atoms with E-state index in [-0.39, 0.29) is 11.6 Å². The number of hydrogen-bond donors (Lipinski definition) is 1. The molecule has 4 nitrogen and oxygen atoms in total. The van der Waals surface area contributed by atoms with Crippen molar-refractivity contribution in [2.45, 2.75) is 0 Å². The summed E-state index contributed by atoms with van der Waals surface area (Å²) >= 11 is 7.34. The van der Waals surface area contributed by atoms with E-state index in [0.29, 0.717) is 10.8 Å². The fourth-order valence-electron chi connectivity index (χ4n) is 1.79. The number of halogens is 1. The fourth-order valence-corrected chi connectivity index (χ4v) is 2.60. The summed E-state index contributed by atoms with van der Waals surface area (Å²) in [7, 11) is 0. The molecule has 3 rings (SSSR count). The highest BCUT2D eigenvalue weighted by atomic mass is 35.5. The molecule has 0 bridgehead atoms. The average Bonchev–Trinajstić information content (AvgIpc) is 3.02. The summed E-state index contributed by atoms with van der Waals surface area (Å²) in [6.45, 7) is 0. The van der Waals surface area contributed by atoms with E-state index >= 15 is 0 Å². The standard InChI is InChI=1S/C15H10ClN3OS/c16-13-3-1-2-12(19-13)14(20)18-11-6-4-10(5-7-11)15-17-8-9-21-15/h1-9H,(H,18,20). The van der Waals surface area contributed by atoms with Gasteiger partial charge in [0.2, 0.25) is 0 Å². The molecule has 1 N–H and O–H groups in total. The second kappa shape index (κ2) is 6.03. The van der Waals surface area contributed by atoms with Crippen LogP contribution in [-0.2, 0) is 0 Å². The Balaban J connectivity index is 1.75. The third kappa shape index (κ3) is 3.26. The molecule has 0 saturated carbocycles. The molecule has 2 aromatic heterocycles. The SMILES string of the molecule is O=C(Nc1ccc(-c2nccs2)cc1)c1cccc(Cl)n1. The molecular formula is C15H10ClN3OS. The summed E-state index contributed by atoms with van der Waals surface area (Å²) in [5.41, 5.74) is 2.00. The van der Waals surface area contributed by atoms with E-state index in [1.54, 1.807) is 35.7 Å². The molecule has 0 saturated heterocycles. The van der Waals surface area contributed by atoms with Gasteiger partial charge in [-0.3, -0.25) is 4.79 Å². The largest absolute Gasteiger partial charge is 0.321 e. The number of benzene rings is 1. The average molecular weight is 316 g/mol. The number of nitrogens with zero attached hydrogens (tertiary/aromatic N) is 2. The van der Waals surface area contributed by atoms with Gasteiger partial charge >= 0.3 is 0 Å². The molecule has 0 aliphatic carbocycles. The maximum absolute atomic E-state index is 12.0. The highest BCUT2D eigenvalue weighted by Gasteiger charge is 2.08. The fraction of sp³-hybridized carbons (Fsp3) is 0. The van der Waals surface area contributed by atoms with Crippen LogP contribution in [0.4, 0.5) is 5.69 Å². The normalized spacial score (nSPS) is 10.3. The van der Waals surface area contributed by atoms with E-state index in [0.717, 1.165) is 10.6 Å². The molecule has 0 unspecified atom stereocenters. The van der Waals surface area contributed by atoms with Crippen LogP contribution in [0.3, 0.4) is 0 Å². The lowest BCUT2D eigenvalue weighted by Gasteiger charge is -2.05. The van der Waals surface area contributed by atoms with Crippen molar-refractivity contribution in [2.24, 2.45) is 0 Å². The summed E-state index contributed by atoms with van der Waals surface area (Å²) in [5.74, 6) is -0.292. The minimum absolute atomic E-state index is 0.284. The van der Waals surface area contributed by atoms with E-state index < -0.39 is 0 Å². The van der Waals surface area contributed by atoms with Crippen molar-refractivity contribution in [3.63, 3.8) is 0 Å². The number of aromatic nitrogens is 2. The van der Waals surface area contributed by atoms with Crippen LogP contribution in [0.25, 0.3) is 10.6 Å². The lowest BCUT2D eigenvalue weighted by molar-refractivity contribution is 0.102. The van der Waals surface area contributed by atoms with Crippen molar-refractivity contribution < 1.29 is 4.79 Å². The molecule has 0 radical (unpaired) electrons. The quantitative estimate of drug-likeness (QED) is 0.740. The number of anilines is 1. The molecule has 1 amide bonds. The smallest absolute Gasteiger partial charge is 0.274 e. The molecule has 3 aromatic rings. The highest BCUT2D eigenvalue weighted by Crippen LogP contribution is 2.23. The zero-order chi connectivity index (χ0) is 14.7. The van der Waals surface area contributed by atoms with E-state index in [9.17, 15) is 4.79 Å². The van der Waals surface area contributed by atoms with Crippen molar-refractivity contribution >= 4 is 34.5 Å². The van der Waals surface area contributed by atoms with Crippen LogP contribution in [0.1, 0.15) is 10.5 Å². The molecule has 0 aliphatic heterocycles. The molecule has 104 valence electrons. The van der Waals surface area contributed by atoms with Gasteiger partial charge in [-0.2, -0.15) is 0 Å². The molecule has 21 heavy (non-hydrogen) atoms. The Kier molecular flexibility index (Phi) is 3.94. The van der Waals surface area contributed by atoms with E-state index in [2.05, 4.69) is 15.3 Å². The Morgan fingerprint density at radius 1 is 1.14 bits per heavy atom. The number of carbonyl (C=O) groups excluding carboxylic acids is 1. The van der Waals surface area contributed by atoms with Gasteiger partial charge < -0.3 is 5.32 Å². The molecule has 0 fully saturated rings. The Labute approximate surface area is 130 Å². The molecule has 0 spiro atoms. The van der Waals surface area contributed by atoms with E-state index in [4.69, 9.17) is 11.6 Å². The molecule has 6 heteroatoms. The van der Waals surface area contributed by atoms with Crippen molar-refractivity contribution in [1.29, 1.82) is 0 Å². The van der Waals surface area contributed by atoms with Gasteiger partial charge in [0.05, 0.1) is 0 Å². The lowest BCUT2D eigenvalue weighted by atomic mass is 10.2. The maximum Gasteiger partial charge on any atom is 0.274 e. The van der Waals surface area contributed by atoms with E-state index in [1.807, 2.05) is 29.6 Å². The van der Waals surface area contributed by atoms with Gasteiger partial charge in [-0.15, -0.1) is 11.3 Å². The molecule has 1 aromatic carbocycles. The minimum atomic E-state index is -0.292. The van der Waals surface area contributed by atoms with Gasteiger partial charge in [-0.1, -0.05) is 17.7 Å². The van der Waals surface area contributed by atoms with Crippen molar-refractivity contribution in [1.82, 2.24) is 9.97 Å². The van der Waals surface area contributed by atoms with E-state index in [1.165, 1.54) is 0 Å². The summed E-state index contributed by atoms with van der Waals surface area (Å²) in [6.07, 6.45) is 1.76. The van der Waals surface area contributed by atoms with Crippen LogP contribution in [0.15, 0.2) is 54.0 Å². The zero-order valence-electron chi connectivity index (χ0n) is 10.8. The number of carbonyl (C=O) groups is 1. The predicted molar refractivity (Wildman–Crippen MR) is 84.8 cm³/mol. The molecule has 0 aliphatic rings. The second-order valence-corrected chi connectivity index (χ2v) is 5.50. The number of nitrogens with one attached hydrogen (secondary N) is 1. The lowest BCUT2D eigenvalue weighted by Crippen LogP contribution is -2.13. The van der Waals surface area contributed by atoms with Crippen LogP contribution in [0, 0.1) is 0 Å². The number of pyridine rings is 1. The van der Waals surface area contributed by atoms with Crippen molar-refractivity contribution in [2.75, 3.05) is 5.32 Å². The Morgan fingerprint density at radius 3 is 2.62 bits per heavy atom. The van der Waals surface area contributed by atoms with Gasteiger partial charge in [0, 0.05) is 22.8 Å². The first kappa shape index (κ1) is 13.7. The molecule has 2 heterocycles. The Bertz CT molecular complexity index is 757. The zero-order valence-corrected chi connectivity index (χ0v) is 12.4. The monoisotopic (exact) mass is 315 g/mol. The van der Waals surface area contributed by atoms with Crippen LogP contribution < -0.4 is 5.32 Å². The van der Waals surface area contributed by atoms with Gasteiger partial charge in [-0.25, -0.2) is 9.97 Å². The van der Waals surface area contributed by atoms with Crippen LogP contribution in [0.2, 0.25) is 5.15 Å². The van der Waals surface area contributed by atoms with Crippen LogP contribution in [-0.4, -0.2) is 15.9 Å². The first-order valence-corrected chi connectivity index (χ1v) is 7.42. The maximum atomic E-state index is 12.0. The Morgan fingerprint density at radius 2 is 1.95 bits per heavy atom. The van der Waals surface area contributed by atoms with Crippen molar-refractivity contribution in [3.05, 3.63) is 64.9 Å². The van der Waals surface area contributed by atoms with Gasteiger partial charge in [0.15, 0.2) is 0 Å². The third-order valence-electron chi connectivity index (χ3n) is 2.77.